The van der Waals surface area contributed by atoms with Crippen LogP contribution in [-0.4, -0.2) is 63.3 Å². The Hall–Kier alpha value is -2.45. The van der Waals surface area contributed by atoms with Crippen molar-refractivity contribution in [1.82, 2.24) is 19.8 Å². The van der Waals surface area contributed by atoms with Crippen molar-refractivity contribution in [2.45, 2.75) is 71.2 Å². The van der Waals surface area contributed by atoms with Crippen molar-refractivity contribution in [2.24, 2.45) is 5.92 Å². The van der Waals surface area contributed by atoms with Gasteiger partial charge in [-0.15, -0.1) is 0 Å². The second kappa shape index (κ2) is 9.58. The van der Waals surface area contributed by atoms with E-state index >= 15 is 0 Å². The number of morpholine rings is 1. The van der Waals surface area contributed by atoms with Gasteiger partial charge in [0.2, 0.25) is 0 Å². The Labute approximate surface area is 188 Å². The summed E-state index contributed by atoms with van der Waals surface area (Å²) in [6, 6.07) is 3.68. The fourth-order valence-electron chi connectivity index (χ4n) is 4.85. The van der Waals surface area contributed by atoms with Gasteiger partial charge in [0, 0.05) is 37.9 Å². The minimum absolute atomic E-state index is 0.0335. The molecular weight excluding hydrogens is 408 g/mol. The van der Waals surface area contributed by atoms with Crippen molar-refractivity contribution in [1.29, 1.82) is 0 Å². The van der Waals surface area contributed by atoms with Crippen LogP contribution in [0.1, 0.15) is 56.8 Å². The Kier molecular flexibility index (Phi) is 6.81. The van der Waals surface area contributed by atoms with Crippen LogP contribution >= 0.6 is 0 Å². The topological polar surface area (TPSA) is 96.7 Å². The van der Waals surface area contributed by atoms with Crippen molar-refractivity contribution < 1.29 is 14.6 Å². The van der Waals surface area contributed by atoms with Crippen LogP contribution in [0.25, 0.3) is 11.0 Å². The first-order chi connectivity index (χ1) is 15.3. The van der Waals surface area contributed by atoms with Crippen LogP contribution in [0.4, 0.5) is 0 Å². The number of aromatic hydroxyl groups is 1. The number of hydrogen-bond acceptors (Lipinski definition) is 6. The molecular formula is C24H34N4O4. The number of fused-ring (bicyclic) bond motifs is 1. The smallest absolute Gasteiger partial charge is 0.268 e. The average molecular weight is 443 g/mol. The number of aromatic nitrogens is 2. The van der Waals surface area contributed by atoms with Gasteiger partial charge in [0.15, 0.2) is 0 Å². The molecule has 8 nitrogen and oxygen atoms in total. The molecule has 32 heavy (non-hydrogen) atoms. The first-order valence-corrected chi connectivity index (χ1v) is 11.7. The fourth-order valence-corrected chi connectivity index (χ4v) is 4.85. The monoisotopic (exact) mass is 442 g/mol. The van der Waals surface area contributed by atoms with Crippen molar-refractivity contribution >= 4 is 16.9 Å². The van der Waals surface area contributed by atoms with Crippen LogP contribution < -0.4 is 10.9 Å². The second-order valence-corrected chi connectivity index (χ2v) is 9.47. The van der Waals surface area contributed by atoms with Gasteiger partial charge in [-0.2, -0.15) is 0 Å². The summed E-state index contributed by atoms with van der Waals surface area (Å²) in [5.41, 5.74) is -0.288. The Morgan fingerprint density at radius 2 is 1.97 bits per heavy atom. The van der Waals surface area contributed by atoms with Crippen LogP contribution in [0.2, 0.25) is 0 Å². The number of ether oxygens (including phenoxy) is 1. The van der Waals surface area contributed by atoms with E-state index in [0.717, 1.165) is 32.2 Å². The third-order valence-corrected chi connectivity index (χ3v) is 6.92. The molecule has 174 valence electrons. The third-order valence-electron chi connectivity index (χ3n) is 6.92. The lowest BCUT2D eigenvalue weighted by Crippen LogP contribution is -2.49. The predicted octanol–water partition coefficient (Wildman–Crippen LogP) is 2.52. The molecule has 2 aromatic rings. The number of nitrogens with one attached hydrogen (secondary N) is 1. The maximum atomic E-state index is 13.4. The van der Waals surface area contributed by atoms with Crippen LogP contribution in [0.15, 0.2) is 23.1 Å². The van der Waals surface area contributed by atoms with Crippen molar-refractivity contribution in [3.63, 3.8) is 0 Å². The van der Waals surface area contributed by atoms with E-state index in [1.54, 1.807) is 18.3 Å². The minimum atomic E-state index is -0.500. The largest absolute Gasteiger partial charge is 0.506 e. The highest BCUT2D eigenvalue weighted by atomic mass is 16.5. The Balaban J connectivity index is 1.63. The second-order valence-electron chi connectivity index (χ2n) is 9.47. The fraction of sp³-hybridized carbons (Fsp3) is 0.625. The van der Waals surface area contributed by atoms with Gasteiger partial charge < -0.3 is 15.2 Å². The van der Waals surface area contributed by atoms with Crippen LogP contribution in [0, 0.1) is 5.92 Å². The molecule has 2 fully saturated rings. The number of carbonyl (C=O) groups excluding carboxylic acids is 1. The number of nitrogens with zero attached hydrogens (tertiary/aromatic N) is 3. The summed E-state index contributed by atoms with van der Waals surface area (Å²) >= 11 is 0. The summed E-state index contributed by atoms with van der Waals surface area (Å²) in [5.74, 6) is -0.130. The van der Waals surface area contributed by atoms with Crippen LogP contribution in [0.5, 0.6) is 5.75 Å². The van der Waals surface area contributed by atoms with Gasteiger partial charge >= 0.3 is 0 Å². The molecule has 1 saturated heterocycles. The Bertz CT molecular complexity index is 1030. The highest BCUT2D eigenvalue weighted by Crippen LogP contribution is 2.27. The zero-order valence-corrected chi connectivity index (χ0v) is 19.2. The van der Waals surface area contributed by atoms with E-state index in [0.29, 0.717) is 36.6 Å². The predicted molar refractivity (Wildman–Crippen MR) is 123 cm³/mol. The molecule has 0 spiro atoms. The maximum absolute atomic E-state index is 13.4. The molecule has 4 rings (SSSR count). The SMILES string of the molecule is C[C@@H]1CN(CCn2c(=O)c(C(=O)N[C@H]3CC[C@@H](C)CC3)c(O)c3cccnc32)[C@@H](C)CO1. The summed E-state index contributed by atoms with van der Waals surface area (Å²) in [4.78, 5) is 33.2. The van der Waals surface area contributed by atoms with Gasteiger partial charge in [0.25, 0.3) is 11.5 Å². The normalized spacial score (nSPS) is 26.8. The van der Waals surface area contributed by atoms with Gasteiger partial charge in [-0.1, -0.05) is 6.92 Å². The molecule has 2 aromatic heterocycles. The molecule has 3 heterocycles. The number of amides is 1. The number of hydrogen-bond donors (Lipinski definition) is 2. The van der Waals surface area contributed by atoms with Crippen LogP contribution in [0.3, 0.4) is 0 Å². The molecule has 0 unspecified atom stereocenters. The summed E-state index contributed by atoms with van der Waals surface area (Å²) in [6.07, 6.45) is 5.63. The Morgan fingerprint density at radius 1 is 1.22 bits per heavy atom. The Morgan fingerprint density at radius 3 is 2.72 bits per heavy atom. The van der Waals surface area contributed by atoms with Gasteiger partial charge in [0.1, 0.15) is 17.0 Å². The molecule has 8 heteroatoms. The van der Waals surface area contributed by atoms with Crippen molar-refractivity contribution in [3.8, 4) is 5.75 Å². The van der Waals surface area contributed by atoms with Crippen LogP contribution in [-0.2, 0) is 11.3 Å². The summed E-state index contributed by atoms with van der Waals surface area (Å²) in [7, 11) is 0. The van der Waals surface area contributed by atoms with E-state index in [1.165, 1.54) is 4.57 Å². The van der Waals surface area contributed by atoms with Gasteiger partial charge in [-0.25, -0.2) is 4.98 Å². The highest BCUT2D eigenvalue weighted by molar-refractivity contribution is 6.01. The molecule has 1 saturated carbocycles. The highest BCUT2D eigenvalue weighted by Gasteiger charge is 2.28. The summed E-state index contributed by atoms with van der Waals surface area (Å²) in [6.45, 7) is 8.81. The number of rotatable bonds is 5. The zero-order valence-electron chi connectivity index (χ0n) is 19.2. The minimum Gasteiger partial charge on any atom is -0.506 e. The van der Waals surface area contributed by atoms with E-state index in [2.05, 4.69) is 29.0 Å². The lowest BCUT2D eigenvalue weighted by molar-refractivity contribution is -0.0501. The van der Waals surface area contributed by atoms with E-state index < -0.39 is 11.5 Å². The molecule has 2 aliphatic rings. The van der Waals surface area contributed by atoms with Gasteiger partial charge in [0.05, 0.1) is 18.1 Å². The van der Waals surface area contributed by atoms with Crippen molar-refractivity contribution in [3.05, 3.63) is 34.2 Å². The standard InChI is InChI=1S/C24H34N4O4/c1-15-6-8-18(9-7-15)26-23(30)20-21(29)19-5-4-10-25-22(19)28(24(20)31)12-11-27-13-17(3)32-14-16(27)2/h4-5,10,15-18,29H,6-9,11-14H2,1-3H3,(H,26,30)/t15-,16-,17+,18+/m0/s1. The van der Waals surface area contributed by atoms with E-state index in [4.69, 9.17) is 4.74 Å². The zero-order chi connectivity index (χ0) is 22.8. The molecule has 0 bridgehead atoms. The van der Waals surface area contributed by atoms with E-state index in [1.807, 2.05) is 6.92 Å². The maximum Gasteiger partial charge on any atom is 0.268 e. The lowest BCUT2D eigenvalue weighted by atomic mass is 9.87. The molecule has 1 aliphatic heterocycles. The number of pyridine rings is 2. The first-order valence-electron chi connectivity index (χ1n) is 11.7. The molecule has 1 aliphatic carbocycles. The third kappa shape index (κ3) is 4.66. The van der Waals surface area contributed by atoms with Gasteiger partial charge in [-0.3, -0.25) is 19.1 Å². The molecule has 1 amide bonds. The number of carbonyl (C=O) groups is 1. The molecule has 2 atom stereocenters. The quantitative estimate of drug-likeness (QED) is 0.739. The average Bonchev–Trinajstić information content (AvgIpc) is 2.77. The molecule has 0 aromatic carbocycles. The molecule has 0 radical (unpaired) electrons. The first kappa shape index (κ1) is 22.7. The van der Waals surface area contributed by atoms with E-state index in [9.17, 15) is 14.7 Å². The summed E-state index contributed by atoms with van der Waals surface area (Å²) in [5, 5.41) is 14.3. The van der Waals surface area contributed by atoms with Crippen molar-refractivity contribution in [2.75, 3.05) is 19.7 Å². The summed E-state index contributed by atoms with van der Waals surface area (Å²) < 4.78 is 7.23. The lowest BCUT2D eigenvalue weighted by Gasteiger charge is -2.36. The molecule has 2 N–H and O–H groups in total. The van der Waals surface area contributed by atoms with E-state index in [-0.39, 0.29) is 29.5 Å². The van der Waals surface area contributed by atoms with Gasteiger partial charge in [-0.05, 0) is 57.6 Å².